The fraction of sp³-hybridized carbons (Fsp3) is 0.417. The Morgan fingerprint density at radius 3 is 3.24 bits per heavy atom. The van der Waals surface area contributed by atoms with Gasteiger partial charge in [0, 0.05) is 23.5 Å². The van der Waals surface area contributed by atoms with E-state index in [9.17, 15) is 0 Å². The van der Waals surface area contributed by atoms with Crippen LogP contribution in [0.1, 0.15) is 34.4 Å². The van der Waals surface area contributed by atoms with Crippen molar-refractivity contribution in [2.24, 2.45) is 0 Å². The van der Waals surface area contributed by atoms with Gasteiger partial charge in [-0.05, 0) is 31.4 Å². The first-order chi connectivity index (χ1) is 8.22. The first-order valence-corrected chi connectivity index (χ1v) is 6.85. The van der Waals surface area contributed by atoms with Crippen molar-refractivity contribution in [3.8, 4) is 0 Å². The highest BCUT2D eigenvalue weighted by Crippen LogP contribution is 2.39. The van der Waals surface area contributed by atoms with Crippen molar-refractivity contribution >= 4 is 22.9 Å². The third-order valence-corrected chi connectivity index (χ3v) is 4.39. The molecule has 1 unspecified atom stereocenters. The van der Waals surface area contributed by atoms with Gasteiger partial charge >= 0.3 is 0 Å². The van der Waals surface area contributed by atoms with Gasteiger partial charge in [0.15, 0.2) is 0 Å². The molecule has 3 nitrogen and oxygen atoms in total. The zero-order chi connectivity index (χ0) is 11.8. The molecule has 90 valence electrons. The van der Waals surface area contributed by atoms with Gasteiger partial charge in [-0.25, -0.2) is 0 Å². The number of rotatable bonds is 3. The lowest BCUT2D eigenvalue weighted by Gasteiger charge is -2.10. The average Bonchev–Trinajstić information content (AvgIpc) is 2.92. The Morgan fingerprint density at radius 2 is 2.47 bits per heavy atom. The molecular weight excluding hydrogens is 256 g/mol. The summed E-state index contributed by atoms with van der Waals surface area (Å²) in [7, 11) is 0. The van der Waals surface area contributed by atoms with Crippen molar-refractivity contribution in [2.75, 3.05) is 0 Å². The third-order valence-electron chi connectivity index (χ3n) is 3.05. The van der Waals surface area contributed by atoms with Crippen LogP contribution in [0.4, 0.5) is 0 Å². The molecule has 2 aromatic heterocycles. The van der Waals surface area contributed by atoms with Crippen LogP contribution in [0.25, 0.3) is 0 Å². The second kappa shape index (κ2) is 4.44. The summed E-state index contributed by atoms with van der Waals surface area (Å²) in [5.74, 6) is 0.854. The number of halogens is 1. The molecule has 0 radical (unpaired) electrons. The van der Waals surface area contributed by atoms with Gasteiger partial charge in [-0.2, -0.15) is 0 Å². The number of thiophene rings is 1. The fourth-order valence-electron chi connectivity index (χ4n) is 2.27. The zero-order valence-electron chi connectivity index (χ0n) is 9.50. The first-order valence-electron chi connectivity index (χ1n) is 5.66. The normalized spacial score (nSPS) is 18.6. The Hall–Kier alpha value is -0.840. The molecule has 1 aliphatic rings. The Bertz CT molecular complexity index is 534. The highest BCUT2D eigenvalue weighted by atomic mass is 35.5. The predicted molar refractivity (Wildman–Crippen MR) is 68.5 cm³/mol. The van der Waals surface area contributed by atoms with Gasteiger partial charge in [0.1, 0.15) is 5.76 Å². The quantitative estimate of drug-likeness (QED) is 0.926. The molecule has 0 bridgehead atoms. The summed E-state index contributed by atoms with van der Waals surface area (Å²) in [5, 5.41) is 7.48. The topological polar surface area (TPSA) is 38.1 Å². The van der Waals surface area contributed by atoms with Crippen LogP contribution in [0.2, 0.25) is 4.34 Å². The standard InChI is InChI=1S/C12H13ClN2OS/c1-7-4-8(15-16-7)6-14-10-2-3-11-9(10)5-12(13)17-11/h4-5,10,14H,2-3,6H2,1H3. The van der Waals surface area contributed by atoms with Gasteiger partial charge in [-0.15, -0.1) is 11.3 Å². The molecule has 3 rings (SSSR count). The second-order valence-corrected chi connectivity index (χ2v) is 6.10. The molecule has 0 saturated heterocycles. The summed E-state index contributed by atoms with van der Waals surface area (Å²) in [4.78, 5) is 1.42. The van der Waals surface area contributed by atoms with Crippen LogP contribution in [0.5, 0.6) is 0 Å². The SMILES string of the molecule is Cc1cc(CNC2CCc3sc(Cl)cc32)no1. The molecule has 0 saturated carbocycles. The molecule has 0 aromatic carbocycles. The average molecular weight is 269 g/mol. The summed E-state index contributed by atoms with van der Waals surface area (Å²) in [6, 6.07) is 4.45. The van der Waals surface area contributed by atoms with Crippen molar-refractivity contribution in [3.05, 3.63) is 38.4 Å². The monoisotopic (exact) mass is 268 g/mol. The van der Waals surface area contributed by atoms with Crippen LogP contribution in [0.3, 0.4) is 0 Å². The van der Waals surface area contributed by atoms with Gasteiger partial charge in [-0.1, -0.05) is 16.8 Å². The summed E-state index contributed by atoms with van der Waals surface area (Å²) in [6.45, 7) is 2.65. The lowest BCUT2D eigenvalue weighted by Crippen LogP contribution is -2.18. The van der Waals surface area contributed by atoms with Crippen LogP contribution in [0.15, 0.2) is 16.7 Å². The van der Waals surface area contributed by atoms with E-state index in [0.717, 1.165) is 35.2 Å². The van der Waals surface area contributed by atoms with Gasteiger partial charge in [0.2, 0.25) is 0 Å². The third kappa shape index (κ3) is 2.25. The van der Waals surface area contributed by atoms with Crippen molar-refractivity contribution in [1.82, 2.24) is 10.5 Å². The van der Waals surface area contributed by atoms with Crippen LogP contribution in [-0.2, 0) is 13.0 Å². The molecule has 0 spiro atoms. The fourth-order valence-corrected chi connectivity index (χ4v) is 3.63. The van der Waals surface area contributed by atoms with Crippen LogP contribution < -0.4 is 5.32 Å². The Kier molecular flexibility index (Phi) is 2.94. The van der Waals surface area contributed by atoms with Gasteiger partial charge in [0.05, 0.1) is 10.0 Å². The first kappa shape index (κ1) is 11.3. The van der Waals surface area contributed by atoms with E-state index in [1.807, 2.05) is 13.0 Å². The van der Waals surface area contributed by atoms with Gasteiger partial charge < -0.3 is 9.84 Å². The maximum atomic E-state index is 6.03. The van der Waals surface area contributed by atoms with E-state index < -0.39 is 0 Å². The van der Waals surface area contributed by atoms with Crippen molar-refractivity contribution in [3.63, 3.8) is 0 Å². The summed E-state index contributed by atoms with van der Waals surface area (Å²) in [6.07, 6.45) is 2.28. The highest BCUT2D eigenvalue weighted by Gasteiger charge is 2.24. The minimum Gasteiger partial charge on any atom is -0.361 e. The molecule has 2 aromatic rings. The number of aromatic nitrogens is 1. The molecular formula is C12H13ClN2OS. The maximum Gasteiger partial charge on any atom is 0.133 e. The van der Waals surface area contributed by atoms with E-state index in [1.165, 1.54) is 10.4 Å². The number of fused-ring (bicyclic) bond motifs is 1. The molecule has 0 amide bonds. The Labute approximate surface area is 109 Å². The van der Waals surface area contributed by atoms with Gasteiger partial charge in [0.25, 0.3) is 0 Å². The number of nitrogens with one attached hydrogen (secondary N) is 1. The number of nitrogens with zero attached hydrogens (tertiary/aromatic N) is 1. The molecule has 2 heterocycles. The zero-order valence-corrected chi connectivity index (χ0v) is 11.1. The number of aryl methyl sites for hydroxylation is 2. The summed E-state index contributed by atoms with van der Waals surface area (Å²) >= 11 is 7.73. The van der Waals surface area contributed by atoms with Crippen molar-refractivity contribution in [1.29, 1.82) is 0 Å². The molecule has 1 aliphatic carbocycles. The second-order valence-electron chi connectivity index (χ2n) is 4.33. The Morgan fingerprint density at radius 1 is 1.59 bits per heavy atom. The van der Waals surface area contributed by atoms with Crippen LogP contribution in [0, 0.1) is 6.92 Å². The maximum absolute atomic E-state index is 6.03. The minimum atomic E-state index is 0.408. The van der Waals surface area contributed by atoms with E-state index in [0.29, 0.717) is 6.04 Å². The lowest BCUT2D eigenvalue weighted by atomic mass is 10.2. The summed E-state index contributed by atoms with van der Waals surface area (Å²) < 4.78 is 5.93. The molecule has 17 heavy (non-hydrogen) atoms. The largest absolute Gasteiger partial charge is 0.361 e. The van der Waals surface area contributed by atoms with E-state index in [4.69, 9.17) is 16.1 Å². The minimum absolute atomic E-state index is 0.408. The van der Waals surface area contributed by atoms with Crippen molar-refractivity contribution in [2.45, 2.75) is 32.4 Å². The molecule has 1 N–H and O–H groups in total. The number of hydrogen-bond acceptors (Lipinski definition) is 4. The van der Waals surface area contributed by atoms with Crippen LogP contribution in [-0.4, -0.2) is 5.16 Å². The Balaban J connectivity index is 1.67. The van der Waals surface area contributed by atoms with E-state index in [1.54, 1.807) is 11.3 Å². The molecule has 1 atom stereocenters. The van der Waals surface area contributed by atoms with E-state index in [2.05, 4.69) is 16.5 Å². The van der Waals surface area contributed by atoms with Crippen LogP contribution >= 0.6 is 22.9 Å². The summed E-state index contributed by atoms with van der Waals surface area (Å²) in [5.41, 5.74) is 2.32. The highest BCUT2D eigenvalue weighted by molar-refractivity contribution is 7.16. The predicted octanol–water partition coefficient (Wildman–Crippen LogP) is 3.48. The lowest BCUT2D eigenvalue weighted by molar-refractivity contribution is 0.385. The van der Waals surface area contributed by atoms with E-state index >= 15 is 0 Å². The van der Waals surface area contributed by atoms with E-state index in [-0.39, 0.29) is 0 Å². The molecule has 5 heteroatoms. The van der Waals surface area contributed by atoms with Crippen molar-refractivity contribution < 1.29 is 4.52 Å². The smallest absolute Gasteiger partial charge is 0.133 e. The molecule has 0 aliphatic heterocycles. The number of hydrogen-bond donors (Lipinski definition) is 1. The molecule has 0 fully saturated rings. The van der Waals surface area contributed by atoms with Gasteiger partial charge in [-0.3, -0.25) is 0 Å².